The molecule has 0 fully saturated rings. The maximum atomic E-state index is 14.2. The van der Waals surface area contributed by atoms with Crippen molar-refractivity contribution in [2.24, 2.45) is 0 Å². The van der Waals surface area contributed by atoms with Crippen LogP contribution in [0.15, 0.2) is 48.7 Å². The van der Waals surface area contributed by atoms with Gasteiger partial charge in [-0.05, 0) is 67.8 Å². The number of hydrogen-bond acceptors (Lipinski definition) is 3. The molecule has 0 amide bonds. The van der Waals surface area contributed by atoms with E-state index < -0.39 is 17.4 Å². The molecule has 0 bridgehead atoms. The molecule has 0 spiro atoms. The highest BCUT2D eigenvalue weighted by atomic mass is 19.2. The van der Waals surface area contributed by atoms with Gasteiger partial charge in [-0.1, -0.05) is 44.1 Å². The molecule has 5 heteroatoms. The molecule has 0 aliphatic carbocycles. The van der Waals surface area contributed by atoms with Crippen molar-refractivity contribution in [3.8, 4) is 17.0 Å². The summed E-state index contributed by atoms with van der Waals surface area (Å²) in [5.74, 6) is -3.07. The van der Waals surface area contributed by atoms with E-state index in [0.29, 0.717) is 11.8 Å². The van der Waals surface area contributed by atoms with Gasteiger partial charge in [-0.2, -0.15) is 4.39 Å². The molecular weight excluding hydrogens is 408 g/mol. The first-order chi connectivity index (χ1) is 15.5. The van der Waals surface area contributed by atoms with Gasteiger partial charge in [0.1, 0.15) is 0 Å². The molecule has 170 valence electrons. The molecule has 3 aromatic rings. The first-order valence-corrected chi connectivity index (χ1v) is 11.3. The Labute approximate surface area is 188 Å². The summed E-state index contributed by atoms with van der Waals surface area (Å²) in [5, 5.41) is 11.1. The summed E-state index contributed by atoms with van der Waals surface area (Å²) in [6.07, 6.45) is 12.9. The lowest BCUT2D eigenvalue weighted by Crippen LogP contribution is -2.08. The van der Waals surface area contributed by atoms with E-state index in [-0.39, 0.29) is 5.56 Å². The SMILES string of the molecule is CCCCCOC(C)CCC/C=C/c1ccc2cc(-c3ccc(O)c(F)c3F)ncc2c1. The van der Waals surface area contributed by atoms with Crippen molar-refractivity contribution in [3.63, 3.8) is 0 Å². The van der Waals surface area contributed by atoms with Gasteiger partial charge in [0.2, 0.25) is 5.82 Å². The number of rotatable bonds is 11. The minimum Gasteiger partial charge on any atom is -0.505 e. The second kappa shape index (κ2) is 11.7. The summed E-state index contributed by atoms with van der Waals surface area (Å²) >= 11 is 0. The Morgan fingerprint density at radius 2 is 1.88 bits per heavy atom. The van der Waals surface area contributed by atoms with Crippen LogP contribution in [-0.4, -0.2) is 22.8 Å². The Kier molecular flexibility index (Phi) is 8.74. The van der Waals surface area contributed by atoms with E-state index in [2.05, 4.69) is 31.0 Å². The first kappa shape index (κ1) is 23.9. The number of halogens is 2. The number of benzene rings is 2. The average Bonchev–Trinajstić information content (AvgIpc) is 2.80. The van der Waals surface area contributed by atoms with Crippen LogP contribution in [0, 0.1) is 11.6 Å². The van der Waals surface area contributed by atoms with Crippen LogP contribution in [0.3, 0.4) is 0 Å². The number of allylic oxidation sites excluding steroid dienone is 1. The van der Waals surface area contributed by atoms with Gasteiger partial charge >= 0.3 is 0 Å². The van der Waals surface area contributed by atoms with Crippen LogP contribution in [0.4, 0.5) is 8.78 Å². The lowest BCUT2D eigenvalue weighted by Gasteiger charge is -2.12. The molecule has 0 aliphatic heterocycles. The second-order valence-electron chi connectivity index (χ2n) is 8.16. The Morgan fingerprint density at radius 1 is 1.03 bits per heavy atom. The predicted octanol–water partition coefficient (Wildman–Crippen LogP) is 7.66. The normalized spacial score (nSPS) is 12.6. The van der Waals surface area contributed by atoms with E-state index in [9.17, 15) is 13.9 Å². The first-order valence-electron chi connectivity index (χ1n) is 11.3. The molecule has 1 N–H and O–H groups in total. The number of hydrogen-bond donors (Lipinski definition) is 1. The van der Waals surface area contributed by atoms with Crippen LogP contribution in [0.1, 0.15) is 57.9 Å². The van der Waals surface area contributed by atoms with Crippen LogP contribution in [0.2, 0.25) is 0 Å². The van der Waals surface area contributed by atoms with Crippen molar-refractivity contribution < 1.29 is 18.6 Å². The van der Waals surface area contributed by atoms with Crippen molar-refractivity contribution in [1.82, 2.24) is 4.98 Å². The third-order valence-electron chi connectivity index (χ3n) is 5.53. The fourth-order valence-electron chi connectivity index (χ4n) is 3.61. The fraction of sp³-hybridized carbons (Fsp3) is 0.370. The number of fused-ring (bicyclic) bond motifs is 1. The zero-order valence-electron chi connectivity index (χ0n) is 18.8. The molecule has 3 rings (SSSR count). The van der Waals surface area contributed by atoms with Crippen molar-refractivity contribution in [2.75, 3.05) is 6.61 Å². The smallest absolute Gasteiger partial charge is 0.201 e. The van der Waals surface area contributed by atoms with Gasteiger partial charge in [0.05, 0.1) is 11.8 Å². The monoisotopic (exact) mass is 439 g/mol. The third-order valence-corrected chi connectivity index (χ3v) is 5.53. The van der Waals surface area contributed by atoms with Crippen LogP contribution in [0.5, 0.6) is 5.75 Å². The number of pyridine rings is 1. The van der Waals surface area contributed by atoms with E-state index in [0.717, 1.165) is 54.7 Å². The maximum Gasteiger partial charge on any atom is 0.201 e. The molecule has 1 unspecified atom stereocenters. The molecule has 32 heavy (non-hydrogen) atoms. The lowest BCUT2D eigenvalue weighted by atomic mass is 10.0. The average molecular weight is 440 g/mol. The highest BCUT2D eigenvalue weighted by Crippen LogP contribution is 2.29. The van der Waals surface area contributed by atoms with Crippen molar-refractivity contribution in [2.45, 2.75) is 58.5 Å². The van der Waals surface area contributed by atoms with E-state index >= 15 is 0 Å². The number of aromatic nitrogens is 1. The Balaban J connectivity index is 1.57. The minimum absolute atomic E-state index is 0.0229. The number of nitrogens with zero attached hydrogens (tertiary/aromatic N) is 1. The number of phenolic OH excluding ortho intramolecular Hbond substituents is 1. The fourth-order valence-corrected chi connectivity index (χ4v) is 3.61. The summed E-state index contributed by atoms with van der Waals surface area (Å²) in [7, 11) is 0. The third kappa shape index (κ3) is 6.36. The van der Waals surface area contributed by atoms with Crippen LogP contribution < -0.4 is 0 Å². The van der Waals surface area contributed by atoms with Crippen LogP contribution >= 0.6 is 0 Å². The molecule has 1 aromatic heterocycles. The van der Waals surface area contributed by atoms with Gasteiger partial charge in [0.25, 0.3) is 0 Å². The largest absolute Gasteiger partial charge is 0.505 e. The summed E-state index contributed by atoms with van der Waals surface area (Å²) in [6, 6.07) is 10.1. The van der Waals surface area contributed by atoms with E-state index in [1.54, 1.807) is 12.3 Å². The van der Waals surface area contributed by atoms with Crippen molar-refractivity contribution in [3.05, 3.63) is 65.9 Å². The van der Waals surface area contributed by atoms with E-state index in [4.69, 9.17) is 4.74 Å². The number of aromatic hydroxyl groups is 1. The minimum atomic E-state index is -1.26. The Morgan fingerprint density at radius 3 is 2.69 bits per heavy atom. The zero-order valence-corrected chi connectivity index (χ0v) is 18.8. The van der Waals surface area contributed by atoms with Gasteiger partial charge in [-0.3, -0.25) is 4.98 Å². The van der Waals surface area contributed by atoms with Crippen molar-refractivity contribution >= 4 is 16.8 Å². The van der Waals surface area contributed by atoms with E-state index in [1.165, 1.54) is 18.9 Å². The highest BCUT2D eigenvalue weighted by molar-refractivity contribution is 5.87. The molecule has 3 nitrogen and oxygen atoms in total. The lowest BCUT2D eigenvalue weighted by molar-refractivity contribution is 0.0566. The molecule has 0 aliphatic rings. The molecule has 1 heterocycles. The predicted molar refractivity (Wildman–Crippen MR) is 127 cm³/mol. The maximum absolute atomic E-state index is 14.2. The van der Waals surface area contributed by atoms with Gasteiger partial charge in [0.15, 0.2) is 11.6 Å². The Bertz CT molecular complexity index is 1060. The van der Waals surface area contributed by atoms with Gasteiger partial charge < -0.3 is 9.84 Å². The molecule has 0 saturated heterocycles. The highest BCUT2D eigenvalue weighted by Gasteiger charge is 2.15. The summed E-state index contributed by atoms with van der Waals surface area (Å²) in [4.78, 5) is 4.29. The van der Waals surface area contributed by atoms with Gasteiger partial charge in [0, 0.05) is 23.8 Å². The Hall–Kier alpha value is -2.79. The van der Waals surface area contributed by atoms with Crippen molar-refractivity contribution in [1.29, 1.82) is 0 Å². The summed E-state index contributed by atoms with van der Waals surface area (Å²) < 4.78 is 33.7. The van der Waals surface area contributed by atoms with E-state index in [1.807, 2.05) is 18.2 Å². The summed E-state index contributed by atoms with van der Waals surface area (Å²) in [6.45, 7) is 5.19. The zero-order chi connectivity index (χ0) is 22.9. The van der Waals surface area contributed by atoms with Gasteiger partial charge in [-0.15, -0.1) is 0 Å². The van der Waals surface area contributed by atoms with Gasteiger partial charge in [-0.25, -0.2) is 4.39 Å². The summed E-state index contributed by atoms with van der Waals surface area (Å²) in [5.41, 5.74) is 1.41. The second-order valence-corrected chi connectivity index (χ2v) is 8.16. The quantitative estimate of drug-likeness (QED) is 0.312. The topological polar surface area (TPSA) is 42.4 Å². The number of phenols is 1. The molecule has 2 aromatic carbocycles. The molecule has 0 saturated carbocycles. The standard InChI is InChI=1S/C27H31F2NO2/c1-3-4-8-15-32-19(2)9-6-5-7-10-20-11-12-21-17-24(30-18-22(21)16-20)23-13-14-25(31)27(29)26(23)28/h7,10-14,16-19,31H,3-6,8-9,15H2,1-2H3/b10-7+. The molecule has 0 radical (unpaired) electrons. The van der Waals surface area contributed by atoms with Crippen LogP contribution in [0.25, 0.3) is 28.1 Å². The molecule has 1 atom stereocenters. The number of ether oxygens (including phenoxy) is 1. The molecular formula is C27H31F2NO2. The number of unbranched alkanes of at least 4 members (excludes halogenated alkanes) is 3. The van der Waals surface area contributed by atoms with Crippen LogP contribution in [-0.2, 0) is 4.74 Å².